The van der Waals surface area contributed by atoms with Crippen LogP contribution in [0.3, 0.4) is 0 Å². The Labute approximate surface area is 124 Å². The van der Waals surface area contributed by atoms with Crippen LogP contribution < -0.4 is 10.5 Å². The summed E-state index contributed by atoms with van der Waals surface area (Å²) in [7, 11) is -3.82. The third-order valence-corrected chi connectivity index (χ3v) is 4.76. The zero-order valence-electron chi connectivity index (χ0n) is 10.7. The molecule has 2 rings (SSSR count). The third kappa shape index (κ3) is 3.74. The minimum absolute atomic E-state index is 0.0820. The number of thiazole rings is 1. The van der Waals surface area contributed by atoms with Gasteiger partial charge in [-0.2, -0.15) is 0 Å². The van der Waals surface area contributed by atoms with Crippen LogP contribution in [-0.2, 0) is 16.4 Å². The van der Waals surface area contributed by atoms with Crippen molar-refractivity contribution >= 4 is 32.7 Å². The maximum absolute atomic E-state index is 12.1. The molecule has 0 aliphatic carbocycles. The summed E-state index contributed by atoms with van der Waals surface area (Å²) in [5.74, 6) is 0. The van der Waals surface area contributed by atoms with Crippen LogP contribution in [0.5, 0.6) is 0 Å². The van der Waals surface area contributed by atoms with Gasteiger partial charge in [-0.25, -0.2) is 18.1 Å². The van der Waals surface area contributed by atoms with E-state index >= 15 is 0 Å². The number of sulfonamides is 1. The molecule has 0 fully saturated rings. The lowest BCUT2D eigenvalue weighted by Crippen LogP contribution is -2.26. The number of nitrogens with zero attached hydrogens (tertiary/aromatic N) is 2. The third-order valence-electron chi connectivity index (χ3n) is 2.67. The highest BCUT2D eigenvalue weighted by molar-refractivity contribution is 7.89. The highest BCUT2D eigenvalue weighted by Gasteiger charge is 2.19. The Kier molecular flexibility index (Phi) is 4.50. The first-order valence-corrected chi connectivity index (χ1v) is 8.23. The van der Waals surface area contributed by atoms with Gasteiger partial charge in [0.1, 0.15) is 5.69 Å². The van der Waals surface area contributed by atoms with E-state index in [1.807, 2.05) is 5.38 Å². The fourth-order valence-electron chi connectivity index (χ4n) is 1.61. The lowest BCUT2D eigenvalue weighted by molar-refractivity contribution is -0.384. The summed E-state index contributed by atoms with van der Waals surface area (Å²) in [6.07, 6.45) is 0.444. The van der Waals surface area contributed by atoms with Crippen molar-refractivity contribution in [2.24, 2.45) is 0 Å². The maximum Gasteiger partial charge on any atom is 0.293 e. The van der Waals surface area contributed by atoms with E-state index in [0.717, 1.165) is 11.8 Å². The van der Waals surface area contributed by atoms with Gasteiger partial charge in [-0.15, -0.1) is 11.3 Å². The number of nitro benzene ring substituents is 1. The summed E-state index contributed by atoms with van der Waals surface area (Å²) in [5.41, 5.74) is 7.36. The molecule has 0 atom stereocenters. The van der Waals surface area contributed by atoms with E-state index in [1.54, 1.807) is 5.51 Å². The number of rotatable bonds is 6. The Morgan fingerprint density at radius 1 is 1.43 bits per heavy atom. The number of hydrogen-bond donors (Lipinski definition) is 2. The second-order valence-electron chi connectivity index (χ2n) is 4.11. The molecule has 2 aromatic rings. The SMILES string of the molecule is Nc1ccc(S(=O)(=O)NCCc2cscn2)cc1[N+](=O)[O-]. The molecule has 0 aliphatic heterocycles. The van der Waals surface area contributed by atoms with Gasteiger partial charge in [0.2, 0.25) is 10.0 Å². The van der Waals surface area contributed by atoms with Crippen molar-refractivity contribution in [2.45, 2.75) is 11.3 Å². The second-order valence-corrected chi connectivity index (χ2v) is 6.59. The number of nitrogen functional groups attached to an aromatic ring is 1. The molecule has 0 aliphatic rings. The molecule has 0 saturated heterocycles. The summed E-state index contributed by atoms with van der Waals surface area (Å²) < 4.78 is 26.5. The number of anilines is 1. The summed E-state index contributed by atoms with van der Waals surface area (Å²) in [6.45, 7) is 0.157. The molecule has 10 heteroatoms. The highest BCUT2D eigenvalue weighted by Crippen LogP contribution is 2.24. The van der Waals surface area contributed by atoms with Gasteiger partial charge < -0.3 is 5.73 Å². The van der Waals surface area contributed by atoms with Crippen LogP contribution in [-0.4, -0.2) is 24.9 Å². The number of nitrogens with one attached hydrogen (secondary N) is 1. The van der Waals surface area contributed by atoms with Gasteiger partial charge in [0.05, 0.1) is 21.0 Å². The van der Waals surface area contributed by atoms with E-state index < -0.39 is 20.6 Å². The van der Waals surface area contributed by atoms with Gasteiger partial charge in [0.15, 0.2) is 0 Å². The summed E-state index contributed by atoms with van der Waals surface area (Å²) in [5, 5.41) is 12.6. The maximum atomic E-state index is 12.1. The molecular weight excluding hydrogens is 316 g/mol. The van der Waals surface area contributed by atoms with E-state index in [0.29, 0.717) is 6.42 Å². The molecule has 112 valence electrons. The minimum atomic E-state index is -3.82. The quantitative estimate of drug-likeness (QED) is 0.465. The van der Waals surface area contributed by atoms with E-state index in [4.69, 9.17) is 5.73 Å². The fourth-order valence-corrected chi connectivity index (χ4v) is 3.25. The van der Waals surface area contributed by atoms with Crippen molar-refractivity contribution in [2.75, 3.05) is 12.3 Å². The first-order valence-electron chi connectivity index (χ1n) is 5.81. The van der Waals surface area contributed by atoms with E-state index in [1.165, 1.54) is 23.5 Å². The number of aromatic nitrogens is 1. The van der Waals surface area contributed by atoms with Crippen LogP contribution in [0.4, 0.5) is 11.4 Å². The van der Waals surface area contributed by atoms with Gasteiger partial charge in [0.25, 0.3) is 5.69 Å². The van der Waals surface area contributed by atoms with Crippen LogP contribution in [0.25, 0.3) is 0 Å². The monoisotopic (exact) mass is 328 g/mol. The van der Waals surface area contributed by atoms with Crippen molar-refractivity contribution in [3.8, 4) is 0 Å². The summed E-state index contributed by atoms with van der Waals surface area (Å²) in [6, 6.07) is 3.38. The number of hydrogen-bond acceptors (Lipinski definition) is 7. The molecule has 1 aromatic carbocycles. The minimum Gasteiger partial charge on any atom is -0.393 e. The second kappa shape index (κ2) is 6.16. The molecular formula is C11H12N4O4S2. The van der Waals surface area contributed by atoms with Gasteiger partial charge in [0, 0.05) is 24.4 Å². The Hall–Kier alpha value is -2.04. The zero-order valence-corrected chi connectivity index (χ0v) is 12.4. The van der Waals surface area contributed by atoms with Crippen molar-refractivity contribution in [1.82, 2.24) is 9.71 Å². The summed E-state index contributed by atoms with van der Waals surface area (Å²) in [4.78, 5) is 13.9. The van der Waals surface area contributed by atoms with Crippen molar-refractivity contribution < 1.29 is 13.3 Å². The predicted molar refractivity (Wildman–Crippen MR) is 78.5 cm³/mol. The van der Waals surface area contributed by atoms with Gasteiger partial charge >= 0.3 is 0 Å². The molecule has 0 spiro atoms. The van der Waals surface area contributed by atoms with Gasteiger partial charge in [-0.3, -0.25) is 10.1 Å². The predicted octanol–water partition coefficient (Wildman–Crippen LogP) is 1.15. The van der Waals surface area contributed by atoms with Crippen LogP contribution >= 0.6 is 11.3 Å². The molecule has 1 heterocycles. The van der Waals surface area contributed by atoms with Crippen LogP contribution in [0.2, 0.25) is 0 Å². The summed E-state index contributed by atoms with van der Waals surface area (Å²) >= 11 is 1.42. The van der Waals surface area contributed by atoms with Crippen molar-refractivity contribution in [3.05, 3.63) is 44.9 Å². The smallest absolute Gasteiger partial charge is 0.293 e. The molecule has 0 bridgehead atoms. The van der Waals surface area contributed by atoms with E-state index in [-0.39, 0.29) is 17.1 Å². The van der Waals surface area contributed by atoms with Gasteiger partial charge in [-0.05, 0) is 12.1 Å². The van der Waals surface area contributed by atoms with E-state index in [9.17, 15) is 18.5 Å². The standard InChI is InChI=1S/C11H12N4O4S2/c12-10-2-1-9(5-11(10)15(16)17)21(18,19)14-4-3-8-6-20-7-13-8/h1-2,5-7,14H,3-4,12H2. The normalized spacial score (nSPS) is 11.4. The molecule has 8 nitrogen and oxygen atoms in total. The Balaban J connectivity index is 2.12. The molecule has 0 amide bonds. The first kappa shape index (κ1) is 15.4. The van der Waals surface area contributed by atoms with E-state index in [2.05, 4.69) is 9.71 Å². The average molecular weight is 328 g/mol. The Morgan fingerprint density at radius 3 is 2.81 bits per heavy atom. The lowest BCUT2D eigenvalue weighted by Gasteiger charge is -2.06. The highest BCUT2D eigenvalue weighted by atomic mass is 32.2. The molecule has 0 radical (unpaired) electrons. The van der Waals surface area contributed by atoms with Crippen molar-refractivity contribution in [3.63, 3.8) is 0 Å². The average Bonchev–Trinajstić information content (AvgIpc) is 2.91. The number of nitrogens with two attached hydrogens (primary N) is 1. The molecule has 1 aromatic heterocycles. The molecule has 0 saturated carbocycles. The molecule has 21 heavy (non-hydrogen) atoms. The van der Waals surface area contributed by atoms with Gasteiger partial charge in [-0.1, -0.05) is 0 Å². The largest absolute Gasteiger partial charge is 0.393 e. The van der Waals surface area contributed by atoms with Crippen LogP contribution in [0.1, 0.15) is 5.69 Å². The Bertz CT molecular complexity index is 744. The topological polar surface area (TPSA) is 128 Å². The zero-order chi connectivity index (χ0) is 15.5. The Morgan fingerprint density at radius 2 is 2.19 bits per heavy atom. The first-order chi connectivity index (χ1) is 9.90. The lowest BCUT2D eigenvalue weighted by atomic mass is 10.3. The van der Waals surface area contributed by atoms with Crippen LogP contribution in [0.15, 0.2) is 34.0 Å². The van der Waals surface area contributed by atoms with Crippen molar-refractivity contribution in [1.29, 1.82) is 0 Å². The molecule has 0 unspecified atom stereocenters. The fraction of sp³-hybridized carbons (Fsp3) is 0.182. The number of nitro groups is 1. The molecule has 3 N–H and O–H groups in total. The number of benzene rings is 1. The van der Waals surface area contributed by atoms with Crippen LogP contribution in [0, 0.1) is 10.1 Å².